The van der Waals surface area contributed by atoms with Crippen molar-refractivity contribution in [2.45, 2.75) is 32.2 Å². The van der Waals surface area contributed by atoms with Crippen LogP contribution in [-0.2, 0) is 23.2 Å². The van der Waals surface area contributed by atoms with Gasteiger partial charge in [0.2, 0.25) is 5.91 Å². The second-order valence-electron chi connectivity index (χ2n) is 7.83. The van der Waals surface area contributed by atoms with E-state index in [9.17, 15) is 4.79 Å². The van der Waals surface area contributed by atoms with Gasteiger partial charge in [-0.3, -0.25) is 9.78 Å². The number of ether oxygens (including phenoxy) is 1. The zero-order valence-electron chi connectivity index (χ0n) is 16.6. The molecule has 0 fully saturated rings. The van der Waals surface area contributed by atoms with Gasteiger partial charge in [-0.25, -0.2) is 4.98 Å². The number of benzene rings is 1. The maximum absolute atomic E-state index is 12.6. The topological polar surface area (TPSA) is 76.1 Å². The van der Waals surface area contributed by atoms with Gasteiger partial charge in [0, 0.05) is 53.4 Å². The summed E-state index contributed by atoms with van der Waals surface area (Å²) in [6.45, 7) is 5.58. The lowest BCUT2D eigenvalue weighted by molar-refractivity contribution is -0.115. The van der Waals surface area contributed by atoms with Gasteiger partial charge in [-0.2, -0.15) is 0 Å². The first kappa shape index (κ1) is 18.9. The van der Waals surface area contributed by atoms with Crippen molar-refractivity contribution < 1.29 is 9.53 Å². The van der Waals surface area contributed by atoms with E-state index >= 15 is 0 Å². The Morgan fingerprint density at radius 3 is 2.79 bits per heavy atom. The van der Waals surface area contributed by atoms with Crippen molar-refractivity contribution in [1.82, 2.24) is 9.97 Å². The average molecular weight is 388 g/mol. The lowest BCUT2D eigenvalue weighted by atomic mass is 9.87. The molecule has 6 heteroatoms. The van der Waals surface area contributed by atoms with Crippen molar-refractivity contribution in [1.29, 1.82) is 0 Å². The van der Waals surface area contributed by atoms with E-state index in [1.807, 2.05) is 42.5 Å². The summed E-state index contributed by atoms with van der Waals surface area (Å²) < 4.78 is 5.77. The Bertz CT molecular complexity index is 1020. The summed E-state index contributed by atoms with van der Waals surface area (Å²) in [6.07, 6.45) is 5.46. The molecule has 0 atom stereocenters. The molecule has 4 rings (SSSR count). The quantitative estimate of drug-likeness (QED) is 0.669. The van der Waals surface area contributed by atoms with Crippen LogP contribution in [0.1, 0.15) is 30.5 Å². The van der Waals surface area contributed by atoms with Gasteiger partial charge in [0.25, 0.3) is 0 Å². The Morgan fingerprint density at radius 2 is 1.97 bits per heavy atom. The molecule has 2 aromatic heterocycles. The summed E-state index contributed by atoms with van der Waals surface area (Å²) in [5.74, 6) is 1.45. The molecule has 3 heterocycles. The maximum atomic E-state index is 12.6. The molecule has 0 unspecified atom stereocenters. The van der Waals surface area contributed by atoms with Crippen LogP contribution in [0.25, 0.3) is 0 Å². The Balaban J connectivity index is 1.41. The van der Waals surface area contributed by atoms with Gasteiger partial charge < -0.3 is 15.4 Å². The van der Waals surface area contributed by atoms with Crippen LogP contribution in [0.2, 0.25) is 0 Å². The van der Waals surface area contributed by atoms with E-state index in [1.165, 1.54) is 5.56 Å². The predicted octanol–water partition coefficient (Wildman–Crippen LogP) is 3.94. The minimum absolute atomic E-state index is 0.00294. The molecule has 1 aromatic carbocycles. The summed E-state index contributed by atoms with van der Waals surface area (Å²) in [4.78, 5) is 21.0. The first-order valence-electron chi connectivity index (χ1n) is 9.65. The van der Waals surface area contributed by atoms with E-state index in [0.717, 1.165) is 22.6 Å². The van der Waals surface area contributed by atoms with Crippen LogP contribution in [0.3, 0.4) is 0 Å². The third-order valence-electron chi connectivity index (χ3n) is 5.03. The Labute approximate surface area is 170 Å². The molecule has 0 spiro atoms. The second-order valence-corrected chi connectivity index (χ2v) is 7.83. The third kappa shape index (κ3) is 4.37. The number of carbonyl (C=O) groups is 1. The normalized spacial score (nSPS) is 14.0. The monoisotopic (exact) mass is 388 g/mol. The number of nitrogens with one attached hydrogen (secondary N) is 2. The van der Waals surface area contributed by atoms with Crippen LogP contribution < -0.4 is 15.4 Å². The molecule has 1 aliphatic rings. The predicted molar refractivity (Wildman–Crippen MR) is 113 cm³/mol. The van der Waals surface area contributed by atoms with Gasteiger partial charge in [0.05, 0.1) is 13.0 Å². The van der Waals surface area contributed by atoms with E-state index in [-0.39, 0.29) is 17.7 Å². The summed E-state index contributed by atoms with van der Waals surface area (Å²) in [5, 5.41) is 6.27. The molecule has 1 amide bonds. The van der Waals surface area contributed by atoms with Gasteiger partial charge in [-0.05, 0) is 29.8 Å². The van der Waals surface area contributed by atoms with Crippen LogP contribution in [0.4, 0.5) is 11.5 Å². The van der Waals surface area contributed by atoms with Crippen molar-refractivity contribution in [3.05, 3.63) is 77.7 Å². The van der Waals surface area contributed by atoms with E-state index in [1.54, 1.807) is 18.6 Å². The number of aromatic nitrogens is 2. The van der Waals surface area contributed by atoms with Crippen LogP contribution in [0.5, 0.6) is 5.75 Å². The number of fused-ring (bicyclic) bond motifs is 1. The number of rotatable bonds is 6. The summed E-state index contributed by atoms with van der Waals surface area (Å²) >= 11 is 0. The number of pyridine rings is 2. The number of amides is 1. The van der Waals surface area contributed by atoms with Crippen molar-refractivity contribution in [2.75, 3.05) is 17.2 Å². The number of carbonyl (C=O) groups excluding carboxylic acids is 1. The van der Waals surface area contributed by atoms with E-state index in [4.69, 9.17) is 4.74 Å². The smallest absolute Gasteiger partial charge is 0.228 e. The van der Waals surface area contributed by atoms with Crippen molar-refractivity contribution in [3.8, 4) is 5.75 Å². The minimum atomic E-state index is -0.0952. The molecular formula is C23H24N4O2. The van der Waals surface area contributed by atoms with E-state index in [2.05, 4.69) is 34.4 Å². The van der Waals surface area contributed by atoms with Gasteiger partial charge in [0.15, 0.2) is 0 Å². The van der Waals surface area contributed by atoms with Gasteiger partial charge >= 0.3 is 0 Å². The number of anilines is 2. The molecule has 3 aromatic rings. The fraction of sp³-hybridized carbons (Fsp3) is 0.261. The molecule has 6 nitrogen and oxygen atoms in total. The number of nitrogens with zero attached hydrogens (tertiary/aromatic N) is 2. The SMILES string of the molecule is CC1(C)COc2cc(NC(=O)Cc3cccnc3NCc3ccncc3)ccc21. The zero-order valence-corrected chi connectivity index (χ0v) is 16.6. The molecule has 0 aliphatic carbocycles. The fourth-order valence-electron chi connectivity index (χ4n) is 3.42. The van der Waals surface area contributed by atoms with Crippen molar-refractivity contribution in [3.63, 3.8) is 0 Å². The van der Waals surface area contributed by atoms with Gasteiger partial charge in [-0.1, -0.05) is 26.0 Å². The lowest BCUT2D eigenvalue weighted by Crippen LogP contribution is -2.18. The molecule has 1 aliphatic heterocycles. The van der Waals surface area contributed by atoms with Crippen LogP contribution in [0.15, 0.2) is 61.1 Å². The lowest BCUT2D eigenvalue weighted by Gasteiger charge is -2.15. The van der Waals surface area contributed by atoms with Crippen LogP contribution in [-0.4, -0.2) is 22.5 Å². The Hall–Kier alpha value is -3.41. The molecule has 29 heavy (non-hydrogen) atoms. The molecular weight excluding hydrogens is 364 g/mol. The first-order valence-corrected chi connectivity index (χ1v) is 9.65. The van der Waals surface area contributed by atoms with Crippen molar-refractivity contribution in [2.24, 2.45) is 0 Å². The van der Waals surface area contributed by atoms with E-state index in [0.29, 0.717) is 19.0 Å². The maximum Gasteiger partial charge on any atom is 0.228 e. The first-order chi connectivity index (χ1) is 14.0. The van der Waals surface area contributed by atoms with E-state index < -0.39 is 0 Å². The zero-order chi connectivity index (χ0) is 20.3. The average Bonchev–Trinajstić information content (AvgIpc) is 3.02. The summed E-state index contributed by atoms with van der Waals surface area (Å²) in [7, 11) is 0. The van der Waals surface area contributed by atoms with Crippen LogP contribution in [0, 0.1) is 0 Å². The Kier molecular flexibility index (Phi) is 5.16. The van der Waals surface area contributed by atoms with Crippen LogP contribution >= 0.6 is 0 Å². The number of hydrogen-bond acceptors (Lipinski definition) is 5. The van der Waals surface area contributed by atoms with Crippen molar-refractivity contribution >= 4 is 17.4 Å². The van der Waals surface area contributed by atoms with Gasteiger partial charge in [0.1, 0.15) is 11.6 Å². The summed E-state index contributed by atoms with van der Waals surface area (Å²) in [5.41, 5.74) is 3.86. The van der Waals surface area contributed by atoms with Gasteiger partial charge in [-0.15, -0.1) is 0 Å². The highest BCUT2D eigenvalue weighted by atomic mass is 16.5. The second kappa shape index (κ2) is 7.91. The molecule has 0 bridgehead atoms. The largest absolute Gasteiger partial charge is 0.492 e. The fourth-order valence-corrected chi connectivity index (χ4v) is 3.42. The molecule has 0 saturated carbocycles. The molecule has 148 valence electrons. The standard InChI is InChI=1S/C23H24N4O2/c1-23(2)15-29-20-13-18(5-6-19(20)23)27-21(28)12-17-4-3-9-25-22(17)26-14-16-7-10-24-11-8-16/h3-11,13H,12,14-15H2,1-2H3,(H,25,26)(H,27,28). The Morgan fingerprint density at radius 1 is 1.14 bits per heavy atom. The highest BCUT2D eigenvalue weighted by Gasteiger charge is 2.31. The molecule has 0 radical (unpaired) electrons. The highest BCUT2D eigenvalue weighted by molar-refractivity contribution is 5.93. The highest BCUT2D eigenvalue weighted by Crippen LogP contribution is 2.39. The molecule has 2 N–H and O–H groups in total. The third-order valence-corrected chi connectivity index (χ3v) is 5.03. The molecule has 0 saturated heterocycles. The minimum Gasteiger partial charge on any atom is -0.492 e. The summed E-state index contributed by atoms with van der Waals surface area (Å²) in [6, 6.07) is 13.5. The number of hydrogen-bond donors (Lipinski definition) is 2.